The van der Waals surface area contributed by atoms with E-state index in [0.29, 0.717) is 46.6 Å². The molecule has 12 heteroatoms. The van der Waals surface area contributed by atoms with Gasteiger partial charge in [0.1, 0.15) is 17.5 Å². The number of ether oxygens (including phenoxy) is 4. The Hall–Kier alpha value is -3.22. The van der Waals surface area contributed by atoms with Crippen molar-refractivity contribution in [2.45, 2.75) is 46.8 Å². The molecular weight excluding hydrogens is 692 g/mol. The van der Waals surface area contributed by atoms with Crippen molar-refractivity contribution < 1.29 is 28.5 Å². The van der Waals surface area contributed by atoms with Gasteiger partial charge >= 0.3 is 11.9 Å². The first-order valence-electron chi connectivity index (χ1n) is 13.3. The Morgan fingerprint density at radius 1 is 1.10 bits per heavy atom. The van der Waals surface area contributed by atoms with E-state index in [9.17, 15) is 14.4 Å². The molecule has 1 aliphatic rings. The van der Waals surface area contributed by atoms with Crippen molar-refractivity contribution in [2.75, 3.05) is 19.8 Å². The predicted octanol–water partition coefficient (Wildman–Crippen LogP) is 5.05. The van der Waals surface area contributed by atoms with Gasteiger partial charge in [-0.25, -0.2) is 14.6 Å². The number of esters is 2. The first-order chi connectivity index (χ1) is 20.0. The maximum atomic E-state index is 14.0. The van der Waals surface area contributed by atoms with Crippen LogP contribution in [-0.4, -0.2) is 42.4 Å². The van der Waals surface area contributed by atoms with Crippen LogP contribution in [-0.2, 0) is 19.1 Å². The minimum atomic E-state index is -0.797. The number of hydrogen-bond acceptors (Lipinski definition) is 9. The number of halogens is 2. The summed E-state index contributed by atoms with van der Waals surface area (Å²) in [6.07, 6.45) is 1.62. The molecule has 2 aromatic carbocycles. The van der Waals surface area contributed by atoms with Crippen molar-refractivity contribution in [3.05, 3.63) is 87.4 Å². The van der Waals surface area contributed by atoms with Gasteiger partial charge in [-0.3, -0.25) is 9.36 Å². The highest BCUT2D eigenvalue weighted by molar-refractivity contribution is 9.11. The van der Waals surface area contributed by atoms with Gasteiger partial charge in [0.15, 0.2) is 11.4 Å². The van der Waals surface area contributed by atoms with Gasteiger partial charge in [-0.2, -0.15) is 0 Å². The average Bonchev–Trinajstić information content (AvgIpc) is 3.21. The molecule has 0 radical (unpaired) electrons. The molecule has 0 fully saturated rings. The van der Waals surface area contributed by atoms with Crippen molar-refractivity contribution in [3.63, 3.8) is 0 Å². The molecule has 1 atom stereocenters. The predicted molar refractivity (Wildman–Crippen MR) is 167 cm³/mol. The number of aromatic nitrogens is 1. The van der Waals surface area contributed by atoms with E-state index < -0.39 is 18.0 Å². The zero-order valence-corrected chi connectivity index (χ0v) is 27.7. The molecular formula is C30H30Br2N2O7S. The summed E-state index contributed by atoms with van der Waals surface area (Å²) in [6.45, 7) is 9.23. The van der Waals surface area contributed by atoms with Gasteiger partial charge < -0.3 is 18.9 Å². The Morgan fingerprint density at radius 3 is 2.40 bits per heavy atom. The number of rotatable bonds is 10. The van der Waals surface area contributed by atoms with Gasteiger partial charge in [0.25, 0.3) is 5.56 Å². The number of hydrogen-bond donors (Lipinski definition) is 0. The standard InChI is InChI=1S/C30H30Br2N2O7S/c1-6-38-24(35)15-40-27-20(31)12-18(13-21(27)32)14-23-28(36)34-26(19-10-8-9-11-22(19)41-16(3)4)25(29(37)39-7-2)17(5)33-30(34)42-23/h8-14,16,26H,6-7,15H2,1-5H3/b23-14+/t26-/m1/s1. The summed E-state index contributed by atoms with van der Waals surface area (Å²) in [6, 6.07) is 10.1. The van der Waals surface area contributed by atoms with Crippen molar-refractivity contribution in [2.24, 2.45) is 4.99 Å². The van der Waals surface area contributed by atoms with Crippen LogP contribution in [0.2, 0.25) is 0 Å². The molecule has 9 nitrogen and oxygen atoms in total. The number of benzene rings is 2. The third-order valence-corrected chi connectivity index (χ3v) is 8.21. The minimum absolute atomic E-state index is 0.126. The second-order valence-corrected chi connectivity index (χ2v) is 12.1. The first kappa shape index (κ1) is 31.7. The molecule has 0 spiro atoms. The molecule has 0 saturated heterocycles. The van der Waals surface area contributed by atoms with Crippen molar-refractivity contribution >= 4 is 61.2 Å². The number of fused-ring (bicyclic) bond motifs is 1. The fourth-order valence-electron chi connectivity index (χ4n) is 4.44. The molecule has 3 aromatic rings. The molecule has 0 saturated carbocycles. The van der Waals surface area contributed by atoms with Crippen LogP contribution < -0.4 is 24.4 Å². The Morgan fingerprint density at radius 2 is 1.76 bits per heavy atom. The van der Waals surface area contributed by atoms with E-state index in [-0.39, 0.29) is 37.1 Å². The lowest BCUT2D eigenvalue weighted by Crippen LogP contribution is -2.40. The Bertz CT molecular complexity index is 1700. The molecule has 1 aliphatic heterocycles. The smallest absolute Gasteiger partial charge is 0.344 e. The van der Waals surface area contributed by atoms with Crippen LogP contribution in [0.15, 0.2) is 66.4 Å². The molecule has 4 rings (SSSR count). The Kier molecular flexibility index (Phi) is 10.4. The summed E-state index contributed by atoms with van der Waals surface area (Å²) in [5.74, 6) is -0.0227. The molecule has 222 valence electrons. The third-order valence-electron chi connectivity index (χ3n) is 6.05. The highest BCUT2D eigenvalue weighted by Crippen LogP contribution is 2.37. The summed E-state index contributed by atoms with van der Waals surface area (Å²) in [7, 11) is 0. The molecule has 0 N–H and O–H groups in total. The van der Waals surface area contributed by atoms with Crippen LogP contribution in [0.25, 0.3) is 6.08 Å². The summed E-state index contributed by atoms with van der Waals surface area (Å²) >= 11 is 8.20. The maximum Gasteiger partial charge on any atom is 0.344 e. The second-order valence-electron chi connectivity index (χ2n) is 9.41. The van der Waals surface area contributed by atoms with Crippen LogP contribution in [0.5, 0.6) is 11.5 Å². The summed E-state index contributed by atoms with van der Waals surface area (Å²) in [5.41, 5.74) is 1.80. The first-order valence-corrected chi connectivity index (χ1v) is 15.7. The summed E-state index contributed by atoms with van der Waals surface area (Å²) in [5, 5.41) is 0. The average molecular weight is 722 g/mol. The van der Waals surface area contributed by atoms with E-state index in [1.54, 1.807) is 39.0 Å². The number of carbonyl (C=O) groups excluding carboxylic acids is 2. The number of nitrogens with zero attached hydrogens (tertiary/aromatic N) is 2. The zero-order chi connectivity index (χ0) is 30.6. The van der Waals surface area contributed by atoms with E-state index in [0.717, 1.165) is 0 Å². The van der Waals surface area contributed by atoms with E-state index >= 15 is 0 Å². The van der Waals surface area contributed by atoms with Crippen LogP contribution >= 0.6 is 43.2 Å². The lowest BCUT2D eigenvalue weighted by Gasteiger charge is -2.26. The van der Waals surface area contributed by atoms with E-state index in [2.05, 4.69) is 36.9 Å². The maximum absolute atomic E-state index is 14.0. The van der Waals surface area contributed by atoms with Crippen LogP contribution in [0, 0.1) is 0 Å². The fraction of sp³-hybridized carbons (Fsp3) is 0.333. The summed E-state index contributed by atoms with van der Waals surface area (Å²) < 4.78 is 25.1. The molecule has 0 bridgehead atoms. The topological polar surface area (TPSA) is 105 Å². The zero-order valence-electron chi connectivity index (χ0n) is 23.7. The van der Waals surface area contributed by atoms with E-state index in [1.165, 1.54) is 15.9 Å². The molecule has 0 amide bonds. The van der Waals surface area contributed by atoms with Crippen molar-refractivity contribution in [3.8, 4) is 11.5 Å². The van der Waals surface area contributed by atoms with Gasteiger partial charge in [0.2, 0.25) is 0 Å². The lowest BCUT2D eigenvalue weighted by atomic mass is 9.95. The van der Waals surface area contributed by atoms with Gasteiger partial charge in [-0.15, -0.1) is 0 Å². The number of allylic oxidation sites excluding steroid dienone is 1. The molecule has 2 heterocycles. The van der Waals surface area contributed by atoms with Gasteiger partial charge in [0.05, 0.1) is 44.1 Å². The Balaban J connectivity index is 1.84. The minimum Gasteiger partial charge on any atom is -0.491 e. The number of thiazole rings is 1. The molecule has 0 aliphatic carbocycles. The lowest BCUT2D eigenvalue weighted by molar-refractivity contribution is -0.145. The normalized spacial score (nSPS) is 14.9. The van der Waals surface area contributed by atoms with Crippen molar-refractivity contribution in [1.29, 1.82) is 0 Å². The molecule has 0 unspecified atom stereocenters. The Labute approximate surface area is 263 Å². The molecule has 1 aromatic heterocycles. The number of para-hydroxylation sites is 1. The van der Waals surface area contributed by atoms with Gasteiger partial charge in [0, 0.05) is 5.56 Å². The highest BCUT2D eigenvalue weighted by Gasteiger charge is 2.35. The van der Waals surface area contributed by atoms with E-state index in [1.807, 2.05) is 38.1 Å². The van der Waals surface area contributed by atoms with E-state index in [4.69, 9.17) is 18.9 Å². The highest BCUT2D eigenvalue weighted by atomic mass is 79.9. The van der Waals surface area contributed by atoms with Crippen LogP contribution in [0.4, 0.5) is 0 Å². The van der Waals surface area contributed by atoms with Crippen molar-refractivity contribution in [1.82, 2.24) is 4.57 Å². The van der Waals surface area contributed by atoms with Crippen LogP contribution in [0.3, 0.4) is 0 Å². The monoisotopic (exact) mass is 720 g/mol. The van der Waals surface area contributed by atoms with Gasteiger partial charge in [-0.1, -0.05) is 29.5 Å². The third kappa shape index (κ3) is 6.87. The quantitative estimate of drug-likeness (QED) is 0.270. The molecule has 42 heavy (non-hydrogen) atoms. The fourth-order valence-corrected chi connectivity index (χ4v) is 6.94. The summed E-state index contributed by atoms with van der Waals surface area (Å²) in [4.78, 5) is 44.1. The van der Waals surface area contributed by atoms with Crippen LogP contribution in [0.1, 0.15) is 51.8 Å². The largest absolute Gasteiger partial charge is 0.491 e. The van der Waals surface area contributed by atoms with Gasteiger partial charge in [-0.05, 0) is 96.3 Å². The second kappa shape index (κ2) is 13.8. The number of carbonyl (C=O) groups is 2. The SMILES string of the molecule is CCOC(=O)COc1c(Br)cc(/C=c2/sc3n(c2=O)[C@H](c2ccccc2OC(C)C)C(C(=O)OCC)=C(C)N=3)cc1Br.